The van der Waals surface area contributed by atoms with E-state index in [1.165, 1.54) is 11.0 Å². The van der Waals surface area contributed by atoms with Crippen LogP contribution < -0.4 is 5.32 Å². The number of nitro groups is 1. The van der Waals surface area contributed by atoms with E-state index >= 15 is 0 Å². The molecule has 1 amide bonds. The number of nitro benzene ring substituents is 1. The van der Waals surface area contributed by atoms with E-state index in [9.17, 15) is 14.9 Å². The Morgan fingerprint density at radius 1 is 1.55 bits per heavy atom. The number of nitriles is 1. The number of nitrogens with one attached hydrogen (secondary N) is 1. The molecule has 0 aliphatic carbocycles. The van der Waals surface area contributed by atoms with Crippen LogP contribution in [-0.2, 0) is 0 Å². The second kappa shape index (κ2) is 7.09. The molecule has 0 aromatic heterocycles. The van der Waals surface area contributed by atoms with Crippen molar-refractivity contribution < 1.29 is 9.72 Å². The van der Waals surface area contributed by atoms with E-state index in [-0.39, 0.29) is 29.9 Å². The first-order valence-electron chi connectivity index (χ1n) is 6.18. The molecular weight excluding hydrogens is 260 g/mol. The summed E-state index contributed by atoms with van der Waals surface area (Å²) in [6, 6.07) is 6.52. The Morgan fingerprint density at radius 2 is 2.25 bits per heavy atom. The summed E-state index contributed by atoms with van der Waals surface area (Å²) in [6.45, 7) is 2.41. The highest BCUT2D eigenvalue weighted by molar-refractivity contribution is 6.00. The van der Waals surface area contributed by atoms with Gasteiger partial charge in [0.1, 0.15) is 11.3 Å². The van der Waals surface area contributed by atoms with E-state index in [0.29, 0.717) is 6.54 Å². The number of nitrogens with zero attached hydrogens (tertiary/aromatic N) is 3. The van der Waals surface area contributed by atoms with Crippen LogP contribution in [0.25, 0.3) is 0 Å². The van der Waals surface area contributed by atoms with Gasteiger partial charge in [-0.3, -0.25) is 14.9 Å². The van der Waals surface area contributed by atoms with Crippen LogP contribution in [0.3, 0.4) is 0 Å². The summed E-state index contributed by atoms with van der Waals surface area (Å²) < 4.78 is 0. The number of hydrogen-bond donors (Lipinski definition) is 1. The lowest BCUT2D eigenvalue weighted by Gasteiger charge is -2.19. The number of rotatable bonds is 6. The lowest BCUT2D eigenvalue weighted by Crippen LogP contribution is -2.32. The van der Waals surface area contributed by atoms with E-state index < -0.39 is 10.8 Å². The van der Waals surface area contributed by atoms with Crippen LogP contribution in [0.2, 0.25) is 0 Å². The quantitative estimate of drug-likeness (QED) is 0.633. The summed E-state index contributed by atoms with van der Waals surface area (Å²) in [5.74, 6) is -0.438. The fourth-order valence-corrected chi connectivity index (χ4v) is 1.87. The lowest BCUT2D eigenvalue weighted by molar-refractivity contribution is -0.384. The van der Waals surface area contributed by atoms with Crippen LogP contribution in [-0.4, -0.2) is 35.9 Å². The van der Waals surface area contributed by atoms with Gasteiger partial charge in [-0.1, -0.05) is 6.07 Å². The van der Waals surface area contributed by atoms with Crippen LogP contribution in [0.5, 0.6) is 0 Å². The maximum Gasteiger partial charge on any atom is 0.305 e. The van der Waals surface area contributed by atoms with Crippen molar-refractivity contribution in [1.82, 2.24) is 4.90 Å². The van der Waals surface area contributed by atoms with Crippen molar-refractivity contribution in [3.63, 3.8) is 0 Å². The zero-order valence-corrected chi connectivity index (χ0v) is 11.4. The third-order valence-corrected chi connectivity index (χ3v) is 2.88. The van der Waals surface area contributed by atoms with Gasteiger partial charge in [-0.15, -0.1) is 0 Å². The second-order valence-electron chi connectivity index (χ2n) is 4.00. The molecule has 0 saturated carbocycles. The van der Waals surface area contributed by atoms with Crippen molar-refractivity contribution in [3.05, 3.63) is 33.9 Å². The number of benzene rings is 1. The number of carbonyl (C=O) groups excluding carboxylic acids is 1. The van der Waals surface area contributed by atoms with Gasteiger partial charge < -0.3 is 10.2 Å². The summed E-state index contributed by atoms with van der Waals surface area (Å²) in [4.78, 5) is 24.4. The first-order chi connectivity index (χ1) is 9.56. The van der Waals surface area contributed by atoms with Crippen LogP contribution in [0, 0.1) is 21.4 Å². The maximum absolute atomic E-state index is 12.4. The van der Waals surface area contributed by atoms with Crippen molar-refractivity contribution in [1.29, 1.82) is 5.26 Å². The summed E-state index contributed by atoms with van der Waals surface area (Å²) in [5.41, 5.74) is 0.0780. The van der Waals surface area contributed by atoms with E-state index in [0.717, 1.165) is 0 Å². The van der Waals surface area contributed by atoms with Gasteiger partial charge in [0.2, 0.25) is 0 Å². The van der Waals surface area contributed by atoms with Crippen molar-refractivity contribution >= 4 is 17.3 Å². The van der Waals surface area contributed by atoms with Crippen molar-refractivity contribution in [2.75, 3.05) is 25.5 Å². The number of anilines is 1. The average molecular weight is 276 g/mol. The number of carbonyl (C=O) groups is 1. The Labute approximate surface area is 117 Å². The first-order valence-corrected chi connectivity index (χ1v) is 6.18. The highest BCUT2D eigenvalue weighted by Gasteiger charge is 2.26. The highest BCUT2D eigenvalue weighted by Crippen LogP contribution is 2.29. The topological polar surface area (TPSA) is 99.3 Å². The van der Waals surface area contributed by atoms with E-state index in [4.69, 9.17) is 5.26 Å². The highest BCUT2D eigenvalue weighted by atomic mass is 16.6. The standard InChI is InChI=1S/C13H16N4O3/c1-3-16(9-5-8-14)13(18)10-6-4-7-11(15-2)12(10)17(19)20/h4,6-7,15H,3,5,9H2,1-2H3. The molecule has 7 nitrogen and oxygen atoms in total. The monoisotopic (exact) mass is 276 g/mol. The molecule has 0 aliphatic rings. The molecule has 106 valence electrons. The third-order valence-electron chi connectivity index (χ3n) is 2.88. The molecule has 0 radical (unpaired) electrons. The van der Waals surface area contributed by atoms with Gasteiger partial charge in [0.25, 0.3) is 5.91 Å². The number of hydrogen-bond acceptors (Lipinski definition) is 5. The van der Waals surface area contributed by atoms with Gasteiger partial charge in [0.15, 0.2) is 0 Å². The molecule has 1 N–H and O–H groups in total. The third kappa shape index (κ3) is 3.23. The molecule has 1 aromatic rings. The minimum atomic E-state index is -0.572. The van der Waals surface area contributed by atoms with Gasteiger partial charge in [-0.05, 0) is 19.1 Å². The minimum absolute atomic E-state index is 0.0293. The molecular formula is C13H16N4O3. The van der Waals surface area contributed by atoms with Crippen molar-refractivity contribution in [2.24, 2.45) is 0 Å². The molecule has 0 fully saturated rings. The summed E-state index contributed by atoms with van der Waals surface area (Å²) in [5, 5.41) is 22.5. The Bertz CT molecular complexity index is 551. The molecule has 1 rings (SSSR count). The van der Waals surface area contributed by atoms with E-state index in [1.54, 1.807) is 26.1 Å². The normalized spacial score (nSPS) is 9.65. The zero-order valence-electron chi connectivity index (χ0n) is 11.4. The average Bonchev–Trinajstić information content (AvgIpc) is 2.46. The zero-order chi connectivity index (χ0) is 15.1. The predicted molar refractivity (Wildman–Crippen MR) is 74.5 cm³/mol. The molecule has 0 heterocycles. The summed E-state index contributed by atoms with van der Waals surface area (Å²) >= 11 is 0. The molecule has 0 spiro atoms. The molecule has 20 heavy (non-hydrogen) atoms. The molecule has 7 heteroatoms. The maximum atomic E-state index is 12.4. The van der Waals surface area contributed by atoms with Crippen LogP contribution in [0.1, 0.15) is 23.7 Å². The Balaban J connectivity index is 3.21. The van der Waals surface area contributed by atoms with Crippen LogP contribution in [0.15, 0.2) is 18.2 Å². The molecule has 0 aliphatic heterocycles. The minimum Gasteiger partial charge on any atom is -0.383 e. The summed E-state index contributed by atoms with van der Waals surface area (Å²) in [6.07, 6.45) is 0.194. The van der Waals surface area contributed by atoms with E-state index in [2.05, 4.69) is 5.32 Å². The van der Waals surface area contributed by atoms with Gasteiger partial charge in [0.05, 0.1) is 17.4 Å². The Hall–Kier alpha value is -2.62. The fraction of sp³-hybridized carbons (Fsp3) is 0.385. The Kier molecular flexibility index (Phi) is 5.47. The van der Waals surface area contributed by atoms with Gasteiger partial charge in [-0.25, -0.2) is 0 Å². The van der Waals surface area contributed by atoms with Gasteiger partial charge in [0, 0.05) is 20.1 Å². The number of amides is 1. The SMILES string of the molecule is CCN(CCC#N)C(=O)c1cccc(NC)c1[N+](=O)[O-]. The predicted octanol–water partition coefficient (Wildman–Crippen LogP) is 2.01. The molecule has 0 atom stereocenters. The van der Waals surface area contributed by atoms with Crippen LogP contribution in [0.4, 0.5) is 11.4 Å². The summed E-state index contributed by atoms with van der Waals surface area (Å²) in [7, 11) is 1.56. The Morgan fingerprint density at radius 3 is 2.75 bits per heavy atom. The number of para-hydroxylation sites is 1. The fourth-order valence-electron chi connectivity index (χ4n) is 1.87. The molecule has 1 aromatic carbocycles. The van der Waals surface area contributed by atoms with E-state index in [1.807, 2.05) is 6.07 Å². The molecule has 0 bridgehead atoms. The van der Waals surface area contributed by atoms with Crippen LogP contribution >= 0.6 is 0 Å². The van der Waals surface area contributed by atoms with Gasteiger partial charge in [-0.2, -0.15) is 5.26 Å². The molecule has 0 saturated heterocycles. The second-order valence-corrected chi connectivity index (χ2v) is 4.00. The van der Waals surface area contributed by atoms with Crippen molar-refractivity contribution in [3.8, 4) is 6.07 Å². The van der Waals surface area contributed by atoms with Gasteiger partial charge >= 0.3 is 5.69 Å². The lowest BCUT2D eigenvalue weighted by atomic mass is 10.1. The molecule has 0 unspecified atom stereocenters. The first kappa shape index (κ1) is 15.4. The van der Waals surface area contributed by atoms with Crippen molar-refractivity contribution in [2.45, 2.75) is 13.3 Å². The smallest absolute Gasteiger partial charge is 0.305 e. The largest absolute Gasteiger partial charge is 0.383 e.